The molecule has 7 nitrogen and oxygen atoms in total. The van der Waals surface area contributed by atoms with Gasteiger partial charge in [0, 0.05) is 17.5 Å². The number of hydrogen-bond donors (Lipinski definition) is 1. The van der Waals surface area contributed by atoms with E-state index in [0.717, 1.165) is 22.1 Å². The predicted molar refractivity (Wildman–Crippen MR) is 128 cm³/mol. The summed E-state index contributed by atoms with van der Waals surface area (Å²) in [6.45, 7) is 3.25. The maximum atomic E-state index is 13.8. The van der Waals surface area contributed by atoms with Crippen molar-refractivity contribution < 1.29 is 27.9 Å². The fourth-order valence-corrected chi connectivity index (χ4v) is 3.42. The van der Waals surface area contributed by atoms with Crippen molar-refractivity contribution in [3.05, 3.63) is 105 Å². The lowest BCUT2D eigenvalue weighted by atomic mass is 10.1. The average molecular weight is 475 g/mol. The van der Waals surface area contributed by atoms with Gasteiger partial charge in [-0.15, -0.1) is 0 Å². The van der Waals surface area contributed by atoms with E-state index in [9.17, 15) is 18.8 Å². The Morgan fingerprint density at radius 2 is 1.74 bits per heavy atom. The summed E-state index contributed by atoms with van der Waals surface area (Å²) in [4.78, 5) is 35.8. The Kier molecular flexibility index (Phi) is 6.91. The number of esters is 1. The van der Waals surface area contributed by atoms with E-state index in [0.29, 0.717) is 11.3 Å². The number of rotatable bonds is 7. The molecule has 1 amide bonds. The Morgan fingerprint density at radius 1 is 0.971 bits per heavy atom. The highest BCUT2D eigenvalue weighted by Crippen LogP contribution is 2.23. The summed E-state index contributed by atoms with van der Waals surface area (Å²) in [6, 6.07) is 17.6. The molecule has 1 heterocycles. The molecule has 3 aromatic carbocycles. The van der Waals surface area contributed by atoms with Gasteiger partial charge >= 0.3 is 11.6 Å². The molecule has 4 aromatic rings. The fourth-order valence-electron chi connectivity index (χ4n) is 3.42. The highest BCUT2D eigenvalue weighted by atomic mass is 19.1. The van der Waals surface area contributed by atoms with Gasteiger partial charge < -0.3 is 19.2 Å². The fraction of sp³-hybridized carbons (Fsp3) is 0.148. The van der Waals surface area contributed by atoms with E-state index >= 15 is 0 Å². The van der Waals surface area contributed by atoms with Crippen LogP contribution in [0.15, 0.2) is 75.9 Å². The molecule has 0 radical (unpaired) electrons. The summed E-state index contributed by atoms with van der Waals surface area (Å²) in [7, 11) is 0. The molecule has 1 aromatic heterocycles. The van der Waals surface area contributed by atoms with Gasteiger partial charge in [-0.2, -0.15) is 0 Å². The van der Waals surface area contributed by atoms with E-state index < -0.39 is 29.9 Å². The molecule has 8 heteroatoms. The summed E-state index contributed by atoms with van der Waals surface area (Å²) in [6.07, 6.45) is 0. The molecule has 0 bridgehead atoms. The van der Waals surface area contributed by atoms with Crippen molar-refractivity contribution in [2.24, 2.45) is 0 Å². The molecule has 0 spiro atoms. The number of hydrogen-bond acceptors (Lipinski definition) is 6. The number of carbonyl (C=O) groups is 2. The minimum Gasteiger partial charge on any atom is -0.489 e. The number of benzene rings is 3. The van der Waals surface area contributed by atoms with Crippen molar-refractivity contribution in [2.75, 3.05) is 11.9 Å². The zero-order chi connectivity index (χ0) is 24.9. The lowest BCUT2D eigenvalue weighted by Crippen LogP contribution is -2.21. The monoisotopic (exact) mass is 475 g/mol. The molecule has 0 saturated heterocycles. The third-order valence-corrected chi connectivity index (χ3v) is 5.25. The van der Waals surface area contributed by atoms with E-state index in [2.05, 4.69) is 5.32 Å². The average Bonchev–Trinajstić information content (AvgIpc) is 2.83. The number of carbonyl (C=O) groups excluding carboxylic acids is 2. The molecule has 4 rings (SSSR count). The number of fused-ring (bicyclic) bond motifs is 1. The standard InChI is InChI=1S/C27H22FNO6/c1-16-3-10-23(22(28)11-16)29-25(30)15-34-27(32)19-6-4-18(5-7-19)14-33-20-8-9-21-17(2)12-26(31)35-24(21)13-20/h3-13H,14-15H2,1-2H3,(H,29,30). The summed E-state index contributed by atoms with van der Waals surface area (Å²) < 4.78 is 29.8. The maximum Gasteiger partial charge on any atom is 0.338 e. The summed E-state index contributed by atoms with van der Waals surface area (Å²) >= 11 is 0. The van der Waals surface area contributed by atoms with Crippen LogP contribution in [0.2, 0.25) is 0 Å². The first-order valence-electron chi connectivity index (χ1n) is 10.8. The molecule has 1 N–H and O–H groups in total. The molecule has 0 atom stereocenters. The molecule has 0 fully saturated rings. The van der Waals surface area contributed by atoms with Crippen LogP contribution in [0.4, 0.5) is 10.1 Å². The number of halogens is 1. The van der Waals surface area contributed by atoms with Gasteiger partial charge in [-0.25, -0.2) is 14.0 Å². The molecule has 0 aliphatic heterocycles. The second kappa shape index (κ2) is 10.2. The summed E-state index contributed by atoms with van der Waals surface area (Å²) in [5.41, 5.74) is 2.64. The molecule has 0 aliphatic rings. The van der Waals surface area contributed by atoms with Crippen LogP contribution in [0.1, 0.15) is 27.0 Å². The topological polar surface area (TPSA) is 94.8 Å². The number of nitrogens with one attached hydrogen (secondary N) is 1. The van der Waals surface area contributed by atoms with Crippen molar-refractivity contribution in [2.45, 2.75) is 20.5 Å². The van der Waals surface area contributed by atoms with Crippen LogP contribution in [-0.2, 0) is 16.1 Å². The van der Waals surface area contributed by atoms with E-state index in [-0.39, 0.29) is 17.9 Å². The van der Waals surface area contributed by atoms with Crippen LogP contribution >= 0.6 is 0 Å². The van der Waals surface area contributed by atoms with E-state index in [1.54, 1.807) is 49.4 Å². The van der Waals surface area contributed by atoms with Crippen LogP contribution in [0.25, 0.3) is 11.0 Å². The SMILES string of the molecule is Cc1ccc(NC(=O)COC(=O)c2ccc(COc3ccc4c(C)cc(=O)oc4c3)cc2)c(F)c1. The zero-order valence-corrected chi connectivity index (χ0v) is 19.1. The molecular weight excluding hydrogens is 453 g/mol. The van der Waals surface area contributed by atoms with Crippen LogP contribution < -0.4 is 15.7 Å². The third-order valence-electron chi connectivity index (χ3n) is 5.25. The van der Waals surface area contributed by atoms with Crippen molar-refractivity contribution in [3.8, 4) is 5.75 Å². The lowest BCUT2D eigenvalue weighted by Gasteiger charge is -2.09. The number of amides is 1. The Morgan fingerprint density at radius 3 is 2.49 bits per heavy atom. The van der Waals surface area contributed by atoms with Crippen molar-refractivity contribution in [1.29, 1.82) is 0 Å². The normalized spacial score (nSPS) is 10.7. The quantitative estimate of drug-likeness (QED) is 0.301. The molecule has 178 valence electrons. The first-order valence-corrected chi connectivity index (χ1v) is 10.8. The molecule has 0 aliphatic carbocycles. The van der Waals surface area contributed by atoms with Crippen molar-refractivity contribution in [3.63, 3.8) is 0 Å². The molecule has 35 heavy (non-hydrogen) atoms. The Labute approximate surface area is 200 Å². The summed E-state index contributed by atoms with van der Waals surface area (Å²) in [5.74, 6) is -1.36. The second-order valence-corrected chi connectivity index (χ2v) is 8.00. The van der Waals surface area contributed by atoms with Crippen LogP contribution in [0, 0.1) is 19.7 Å². The zero-order valence-electron chi connectivity index (χ0n) is 19.1. The van der Waals surface area contributed by atoms with Gasteiger partial charge in [0.1, 0.15) is 23.8 Å². The largest absolute Gasteiger partial charge is 0.489 e. The van der Waals surface area contributed by atoms with Gasteiger partial charge in [-0.3, -0.25) is 4.79 Å². The van der Waals surface area contributed by atoms with Crippen LogP contribution in [-0.4, -0.2) is 18.5 Å². The first kappa shape index (κ1) is 23.7. The minimum absolute atomic E-state index is 0.0182. The van der Waals surface area contributed by atoms with E-state index in [4.69, 9.17) is 13.9 Å². The van der Waals surface area contributed by atoms with Gasteiger partial charge in [-0.1, -0.05) is 18.2 Å². The second-order valence-electron chi connectivity index (χ2n) is 8.00. The Hall–Kier alpha value is -4.46. The third kappa shape index (κ3) is 5.92. The van der Waals surface area contributed by atoms with Crippen molar-refractivity contribution in [1.82, 2.24) is 0 Å². The molecular formula is C27H22FNO6. The van der Waals surface area contributed by atoms with Gasteiger partial charge in [0.15, 0.2) is 6.61 Å². The predicted octanol–water partition coefficient (Wildman–Crippen LogP) is 4.92. The van der Waals surface area contributed by atoms with Gasteiger partial charge in [0.05, 0.1) is 11.3 Å². The Bertz CT molecular complexity index is 1460. The highest BCUT2D eigenvalue weighted by molar-refractivity contribution is 5.95. The highest BCUT2D eigenvalue weighted by Gasteiger charge is 2.12. The smallest absolute Gasteiger partial charge is 0.338 e. The maximum absolute atomic E-state index is 13.8. The number of ether oxygens (including phenoxy) is 2. The van der Waals surface area contributed by atoms with Crippen LogP contribution in [0.3, 0.4) is 0 Å². The van der Waals surface area contributed by atoms with Gasteiger partial charge in [-0.05, 0) is 66.9 Å². The number of anilines is 1. The minimum atomic E-state index is -0.683. The van der Waals surface area contributed by atoms with E-state index in [1.165, 1.54) is 18.2 Å². The molecule has 0 saturated carbocycles. The van der Waals surface area contributed by atoms with E-state index in [1.807, 2.05) is 13.0 Å². The van der Waals surface area contributed by atoms with Crippen LogP contribution in [0.5, 0.6) is 5.75 Å². The van der Waals surface area contributed by atoms with Gasteiger partial charge in [0.25, 0.3) is 5.91 Å². The lowest BCUT2D eigenvalue weighted by molar-refractivity contribution is -0.119. The molecule has 0 unspecified atom stereocenters. The summed E-state index contributed by atoms with van der Waals surface area (Å²) in [5, 5.41) is 3.20. The van der Waals surface area contributed by atoms with Crippen molar-refractivity contribution >= 4 is 28.5 Å². The van der Waals surface area contributed by atoms with Gasteiger partial charge in [0.2, 0.25) is 0 Å². The number of aryl methyl sites for hydroxylation is 2. The Balaban J connectivity index is 1.30. The first-order chi connectivity index (χ1) is 16.8.